The van der Waals surface area contributed by atoms with E-state index in [-0.39, 0.29) is 11.7 Å². The summed E-state index contributed by atoms with van der Waals surface area (Å²) < 4.78 is 16.2. The first-order valence-corrected chi connectivity index (χ1v) is 10.9. The largest absolute Gasteiger partial charge is 0.496 e. The number of hydrogen-bond donors (Lipinski definition) is 1. The Balaban J connectivity index is 1.30. The van der Waals surface area contributed by atoms with Crippen molar-refractivity contribution in [1.82, 2.24) is 15.4 Å². The first-order chi connectivity index (χ1) is 15.7. The van der Waals surface area contributed by atoms with Gasteiger partial charge in [-0.3, -0.25) is 9.69 Å². The lowest BCUT2D eigenvalue weighted by atomic mass is 9.93. The second-order valence-corrected chi connectivity index (χ2v) is 7.97. The highest BCUT2D eigenvalue weighted by molar-refractivity contribution is 5.91. The molecular formula is C25H29N3O4. The lowest BCUT2D eigenvalue weighted by Crippen LogP contribution is -2.32. The van der Waals surface area contributed by atoms with Crippen molar-refractivity contribution in [2.45, 2.75) is 31.8 Å². The number of piperidine rings is 1. The molecule has 0 bridgehead atoms. The van der Waals surface area contributed by atoms with Crippen molar-refractivity contribution in [2.75, 3.05) is 27.3 Å². The second-order valence-electron chi connectivity index (χ2n) is 7.97. The van der Waals surface area contributed by atoms with Gasteiger partial charge in [0.05, 0.1) is 19.9 Å². The molecule has 7 nitrogen and oxygen atoms in total. The molecule has 1 fully saturated rings. The number of rotatable bonds is 8. The van der Waals surface area contributed by atoms with Gasteiger partial charge in [-0.1, -0.05) is 41.6 Å². The van der Waals surface area contributed by atoms with E-state index in [9.17, 15) is 4.79 Å². The Morgan fingerprint density at radius 2 is 1.66 bits per heavy atom. The highest BCUT2D eigenvalue weighted by atomic mass is 16.5. The van der Waals surface area contributed by atoms with Gasteiger partial charge in [-0.15, -0.1) is 0 Å². The fourth-order valence-corrected chi connectivity index (χ4v) is 4.16. The fraction of sp³-hybridized carbons (Fsp3) is 0.360. The number of nitrogens with one attached hydrogen (secondary N) is 1. The molecule has 0 saturated carbocycles. The van der Waals surface area contributed by atoms with Gasteiger partial charge in [0, 0.05) is 36.2 Å². The maximum atomic E-state index is 12.5. The topological polar surface area (TPSA) is 76.8 Å². The van der Waals surface area contributed by atoms with E-state index in [4.69, 9.17) is 14.0 Å². The van der Waals surface area contributed by atoms with Crippen molar-refractivity contribution in [3.8, 4) is 11.5 Å². The summed E-state index contributed by atoms with van der Waals surface area (Å²) in [5.41, 5.74) is 2.96. The molecule has 1 amide bonds. The predicted octanol–water partition coefficient (Wildman–Crippen LogP) is 4.00. The van der Waals surface area contributed by atoms with E-state index >= 15 is 0 Å². The number of amides is 1. The van der Waals surface area contributed by atoms with E-state index in [2.05, 4.69) is 21.4 Å². The molecule has 7 heteroatoms. The number of para-hydroxylation sites is 2. The molecule has 1 aromatic heterocycles. The summed E-state index contributed by atoms with van der Waals surface area (Å²) in [7, 11) is 3.32. The van der Waals surface area contributed by atoms with Gasteiger partial charge in [0.2, 0.25) is 5.76 Å². The fourth-order valence-electron chi connectivity index (χ4n) is 4.16. The van der Waals surface area contributed by atoms with Crippen LogP contribution in [0.5, 0.6) is 11.5 Å². The standard InChI is InChI=1S/C25H29N3O4/c1-30-22-9-5-3-7-19(22)16-26-25(29)24-15-21(27-32-24)18-11-13-28(14-12-18)17-20-8-4-6-10-23(20)31-2/h3-10,15,18H,11-14,16-17H2,1-2H3,(H,26,29). The van der Waals surface area contributed by atoms with Gasteiger partial charge in [-0.05, 0) is 38.1 Å². The number of benzene rings is 2. The van der Waals surface area contributed by atoms with Crippen molar-refractivity contribution in [3.05, 3.63) is 77.2 Å². The first-order valence-electron chi connectivity index (χ1n) is 10.9. The Hall–Kier alpha value is -3.32. The third kappa shape index (κ3) is 5.11. The van der Waals surface area contributed by atoms with E-state index in [0.717, 1.165) is 55.2 Å². The molecule has 32 heavy (non-hydrogen) atoms. The summed E-state index contributed by atoms with van der Waals surface area (Å²) in [6.45, 7) is 3.15. The summed E-state index contributed by atoms with van der Waals surface area (Å²) >= 11 is 0. The van der Waals surface area contributed by atoms with Gasteiger partial charge in [0.15, 0.2) is 0 Å². The average Bonchev–Trinajstić information content (AvgIpc) is 3.34. The molecule has 1 aliphatic rings. The highest BCUT2D eigenvalue weighted by Gasteiger charge is 2.25. The minimum atomic E-state index is -0.275. The van der Waals surface area contributed by atoms with E-state index in [1.165, 1.54) is 5.56 Å². The molecule has 1 N–H and O–H groups in total. The molecule has 0 radical (unpaired) electrons. The zero-order valence-electron chi connectivity index (χ0n) is 18.5. The maximum absolute atomic E-state index is 12.5. The summed E-state index contributed by atoms with van der Waals surface area (Å²) in [6.07, 6.45) is 1.95. The van der Waals surface area contributed by atoms with Crippen LogP contribution in [0.25, 0.3) is 0 Å². The molecule has 168 valence electrons. The summed E-state index contributed by atoms with van der Waals surface area (Å²) in [5.74, 6) is 1.93. The molecular weight excluding hydrogens is 406 g/mol. The molecule has 2 heterocycles. The van der Waals surface area contributed by atoms with Gasteiger partial charge < -0.3 is 19.3 Å². The van der Waals surface area contributed by atoms with Crippen molar-refractivity contribution < 1.29 is 18.8 Å². The van der Waals surface area contributed by atoms with Crippen LogP contribution in [-0.2, 0) is 13.1 Å². The number of nitrogens with zero attached hydrogens (tertiary/aromatic N) is 2. The maximum Gasteiger partial charge on any atom is 0.290 e. The minimum Gasteiger partial charge on any atom is -0.496 e. The molecule has 0 atom stereocenters. The van der Waals surface area contributed by atoms with E-state index in [1.807, 2.05) is 42.5 Å². The molecule has 1 aliphatic heterocycles. The van der Waals surface area contributed by atoms with Crippen molar-refractivity contribution in [3.63, 3.8) is 0 Å². The smallest absolute Gasteiger partial charge is 0.290 e. The molecule has 2 aromatic carbocycles. The van der Waals surface area contributed by atoms with Crippen LogP contribution >= 0.6 is 0 Å². The highest BCUT2D eigenvalue weighted by Crippen LogP contribution is 2.29. The van der Waals surface area contributed by atoms with Gasteiger partial charge in [0.1, 0.15) is 11.5 Å². The van der Waals surface area contributed by atoms with Crippen LogP contribution in [0.3, 0.4) is 0 Å². The molecule has 1 saturated heterocycles. The molecule has 0 spiro atoms. The number of aromatic nitrogens is 1. The molecule has 0 unspecified atom stereocenters. The Morgan fingerprint density at radius 1 is 1.03 bits per heavy atom. The van der Waals surface area contributed by atoms with Crippen LogP contribution in [0.1, 0.15) is 46.1 Å². The van der Waals surface area contributed by atoms with Crippen LogP contribution < -0.4 is 14.8 Å². The van der Waals surface area contributed by atoms with Crippen LogP contribution in [0.4, 0.5) is 0 Å². The van der Waals surface area contributed by atoms with Gasteiger partial charge in [0.25, 0.3) is 5.91 Å². The van der Waals surface area contributed by atoms with Gasteiger partial charge >= 0.3 is 0 Å². The Morgan fingerprint density at radius 3 is 2.34 bits per heavy atom. The number of methoxy groups -OCH3 is 2. The SMILES string of the molecule is COc1ccccc1CNC(=O)c1cc(C2CCN(Cc3ccccc3OC)CC2)no1. The second kappa shape index (κ2) is 10.3. The predicted molar refractivity (Wildman–Crippen MR) is 121 cm³/mol. The number of carbonyl (C=O) groups excluding carboxylic acids is 1. The van der Waals surface area contributed by atoms with Crippen LogP contribution in [0.2, 0.25) is 0 Å². The Bertz CT molecular complexity index is 1040. The normalized spacial score (nSPS) is 14.8. The molecule has 0 aliphatic carbocycles. The lowest BCUT2D eigenvalue weighted by Gasteiger charge is -2.31. The van der Waals surface area contributed by atoms with Crippen molar-refractivity contribution in [1.29, 1.82) is 0 Å². The third-order valence-electron chi connectivity index (χ3n) is 5.98. The van der Waals surface area contributed by atoms with Crippen molar-refractivity contribution >= 4 is 5.91 Å². The lowest BCUT2D eigenvalue weighted by molar-refractivity contribution is 0.0913. The zero-order chi connectivity index (χ0) is 22.3. The number of hydrogen-bond acceptors (Lipinski definition) is 6. The average molecular weight is 436 g/mol. The minimum absolute atomic E-state index is 0.242. The van der Waals surface area contributed by atoms with E-state index in [1.54, 1.807) is 20.3 Å². The number of ether oxygens (including phenoxy) is 2. The number of carbonyl (C=O) groups is 1. The monoisotopic (exact) mass is 435 g/mol. The summed E-state index contributed by atoms with van der Waals surface area (Å²) in [6, 6.07) is 17.5. The van der Waals surface area contributed by atoms with Crippen LogP contribution in [-0.4, -0.2) is 43.3 Å². The Labute approximate surface area is 188 Å². The third-order valence-corrected chi connectivity index (χ3v) is 5.98. The van der Waals surface area contributed by atoms with E-state index < -0.39 is 0 Å². The summed E-state index contributed by atoms with van der Waals surface area (Å²) in [4.78, 5) is 14.9. The van der Waals surface area contributed by atoms with Crippen molar-refractivity contribution in [2.24, 2.45) is 0 Å². The quantitative estimate of drug-likeness (QED) is 0.576. The number of likely N-dealkylation sites (tertiary alicyclic amines) is 1. The zero-order valence-corrected chi connectivity index (χ0v) is 18.5. The molecule has 3 aromatic rings. The van der Waals surface area contributed by atoms with Gasteiger partial charge in [-0.25, -0.2) is 0 Å². The summed E-state index contributed by atoms with van der Waals surface area (Å²) in [5, 5.41) is 7.07. The molecule has 4 rings (SSSR count). The van der Waals surface area contributed by atoms with E-state index in [0.29, 0.717) is 12.5 Å². The van der Waals surface area contributed by atoms with Crippen LogP contribution in [0, 0.1) is 0 Å². The first kappa shape index (κ1) is 21.9. The van der Waals surface area contributed by atoms with Crippen LogP contribution in [0.15, 0.2) is 59.1 Å². The van der Waals surface area contributed by atoms with Gasteiger partial charge in [-0.2, -0.15) is 0 Å². The Kier molecular flexibility index (Phi) is 7.07.